The summed E-state index contributed by atoms with van der Waals surface area (Å²) in [6.45, 7) is 4.65. The van der Waals surface area contributed by atoms with Gasteiger partial charge in [0.2, 0.25) is 5.91 Å². The van der Waals surface area contributed by atoms with E-state index in [1.165, 1.54) is 0 Å². The monoisotopic (exact) mass is 389 g/mol. The van der Waals surface area contributed by atoms with Gasteiger partial charge in [0.25, 0.3) is 5.91 Å². The molecule has 2 saturated heterocycles. The first-order valence-electron chi connectivity index (χ1n) is 10.1. The number of nitrogens with zero attached hydrogens (tertiary/aromatic N) is 3. The van der Waals surface area contributed by atoms with Crippen molar-refractivity contribution in [2.75, 3.05) is 51.3 Å². The van der Waals surface area contributed by atoms with Crippen molar-refractivity contribution in [2.24, 2.45) is 11.7 Å². The van der Waals surface area contributed by atoms with Gasteiger partial charge in [-0.2, -0.15) is 0 Å². The number of likely N-dealkylation sites (tertiary alicyclic amines) is 1. The second kappa shape index (κ2) is 9.84. The van der Waals surface area contributed by atoms with Crippen molar-refractivity contribution in [1.82, 2.24) is 15.2 Å². The van der Waals surface area contributed by atoms with Gasteiger partial charge in [-0.1, -0.05) is 0 Å². The molecule has 2 fully saturated rings. The lowest BCUT2D eigenvalue weighted by molar-refractivity contribution is -0.127. The Kier molecular flexibility index (Phi) is 7.22. The quantitative estimate of drug-likeness (QED) is 0.663. The highest BCUT2D eigenvalue weighted by Gasteiger charge is 2.32. The molecule has 1 atom stereocenters. The summed E-state index contributed by atoms with van der Waals surface area (Å²) < 4.78 is 5.00. The van der Waals surface area contributed by atoms with Crippen LogP contribution in [0, 0.1) is 5.92 Å². The van der Waals surface area contributed by atoms with Crippen LogP contribution in [0.2, 0.25) is 0 Å². The molecule has 0 saturated carbocycles. The van der Waals surface area contributed by atoms with Crippen LogP contribution in [-0.2, 0) is 9.53 Å². The molecule has 8 heteroatoms. The van der Waals surface area contributed by atoms with Crippen LogP contribution in [-0.4, -0.2) is 74.2 Å². The molecule has 8 nitrogen and oxygen atoms in total. The van der Waals surface area contributed by atoms with E-state index in [2.05, 4.69) is 20.1 Å². The molecule has 2 aliphatic heterocycles. The van der Waals surface area contributed by atoms with E-state index >= 15 is 0 Å². The molecule has 0 aliphatic carbocycles. The number of hydrogen-bond donors (Lipinski definition) is 2. The lowest BCUT2D eigenvalue weighted by Gasteiger charge is -2.42. The summed E-state index contributed by atoms with van der Waals surface area (Å²) >= 11 is 0. The number of primary amides is 1. The Labute approximate surface area is 166 Å². The summed E-state index contributed by atoms with van der Waals surface area (Å²) in [5.41, 5.74) is 5.97. The minimum atomic E-state index is -0.441. The Bertz CT molecular complexity index is 676. The van der Waals surface area contributed by atoms with E-state index in [0.717, 1.165) is 51.9 Å². The number of methoxy groups -OCH3 is 1. The van der Waals surface area contributed by atoms with Crippen LogP contribution in [0.1, 0.15) is 36.0 Å². The zero-order valence-corrected chi connectivity index (χ0v) is 16.6. The summed E-state index contributed by atoms with van der Waals surface area (Å²) in [7, 11) is 1.64. The number of carbonyl (C=O) groups is 2. The number of hydrogen-bond acceptors (Lipinski definition) is 6. The van der Waals surface area contributed by atoms with E-state index in [-0.39, 0.29) is 11.8 Å². The molecule has 3 heterocycles. The third kappa shape index (κ3) is 4.99. The van der Waals surface area contributed by atoms with E-state index in [0.29, 0.717) is 30.6 Å². The van der Waals surface area contributed by atoms with Crippen LogP contribution < -0.4 is 16.0 Å². The van der Waals surface area contributed by atoms with E-state index < -0.39 is 5.91 Å². The van der Waals surface area contributed by atoms with E-state index in [1.54, 1.807) is 25.4 Å². The maximum atomic E-state index is 12.4. The van der Waals surface area contributed by atoms with E-state index in [9.17, 15) is 9.59 Å². The number of amides is 2. The minimum absolute atomic E-state index is 0.0564. The lowest BCUT2D eigenvalue weighted by atomic mass is 9.93. The summed E-state index contributed by atoms with van der Waals surface area (Å²) in [5.74, 6) is 0.436. The number of pyridine rings is 1. The predicted molar refractivity (Wildman–Crippen MR) is 107 cm³/mol. The molecule has 2 amide bonds. The zero-order chi connectivity index (χ0) is 19.9. The fourth-order valence-electron chi connectivity index (χ4n) is 4.26. The van der Waals surface area contributed by atoms with Crippen LogP contribution in [0.25, 0.3) is 0 Å². The topological polar surface area (TPSA) is 101 Å². The number of anilines is 1. The molecular weight excluding hydrogens is 358 g/mol. The molecule has 0 unspecified atom stereocenters. The Morgan fingerprint density at radius 3 is 2.79 bits per heavy atom. The third-order valence-electron chi connectivity index (χ3n) is 5.76. The van der Waals surface area contributed by atoms with Gasteiger partial charge in [-0.25, -0.2) is 4.98 Å². The fourth-order valence-corrected chi connectivity index (χ4v) is 4.26. The number of ether oxygens (including phenoxy) is 1. The first-order chi connectivity index (χ1) is 13.6. The normalized spacial score (nSPS) is 21.5. The second-order valence-corrected chi connectivity index (χ2v) is 7.57. The van der Waals surface area contributed by atoms with Crippen molar-refractivity contribution in [2.45, 2.75) is 31.7 Å². The highest BCUT2D eigenvalue weighted by molar-refractivity contribution is 5.97. The number of nitrogens with one attached hydrogen (secondary N) is 1. The van der Waals surface area contributed by atoms with Crippen LogP contribution >= 0.6 is 0 Å². The Morgan fingerprint density at radius 1 is 1.29 bits per heavy atom. The predicted octanol–water partition coefficient (Wildman–Crippen LogP) is 0.624. The van der Waals surface area contributed by atoms with Crippen LogP contribution in [0.4, 0.5) is 5.82 Å². The third-order valence-corrected chi connectivity index (χ3v) is 5.76. The number of piperidine rings is 2. The first kappa shape index (κ1) is 20.5. The molecule has 154 valence electrons. The van der Waals surface area contributed by atoms with E-state index in [1.807, 2.05) is 0 Å². The number of nitrogens with two attached hydrogens (primary N) is 1. The minimum Gasteiger partial charge on any atom is -0.383 e. The van der Waals surface area contributed by atoms with Crippen LogP contribution in [0.3, 0.4) is 0 Å². The van der Waals surface area contributed by atoms with Gasteiger partial charge in [-0.15, -0.1) is 0 Å². The molecule has 0 bridgehead atoms. The number of rotatable bonds is 7. The molecule has 1 aromatic rings. The van der Waals surface area contributed by atoms with Gasteiger partial charge in [-0.05, 0) is 44.4 Å². The lowest BCUT2D eigenvalue weighted by Crippen LogP contribution is -2.51. The Balaban J connectivity index is 1.53. The van der Waals surface area contributed by atoms with Crippen molar-refractivity contribution < 1.29 is 14.3 Å². The van der Waals surface area contributed by atoms with Crippen molar-refractivity contribution in [3.8, 4) is 0 Å². The average Bonchev–Trinajstić information content (AvgIpc) is 2.74. The average molecular weight is 390 g/mol. The fraction of sp³-hybridized carbons (Fsp3) is 0.650. The molecule has 1 aromatic heterocycles. The molecule has 2 aliphatic rings. The number of carbonyl (C=O) groups excluding carboxylic acids is 2. The van der Waals surface area contributed by atoms with Crippen molar-refractivity contribution in [1.29, 1.82) is 0 Å². The summed E-state index contributed by atoms with van der Waals surface area (Å²) in [4.78, 5) is 33.1. The van der Waals surface area contributed by atoms with Gasteiger partial charge in [0.15, 0.2) is 0 Å². The van der Waals surface area contributed by atoms with Gasteiger partial charge < -0.3 is 20.7 Å². The maximum absolute atomic E-state index is 12.4. The molecule has 0 spiro atoms. The molecule has 3 N–H and O–H groups in total. The largest absolute Gasteiger partial charge is 0.383 e. The van der Waals surface area contributed by atoms with Crippen LogP contribution in [0.5, 0.6) is 0 Å². The summed E-state index contributed by atoms with van der Waals surface area (Å²) in [6, 6.07) is 3.93. The zero-order valence-electron chi connectivity index (χ0n) is 16.6. The van der Waals surface area contributed by atoms with E-state index in [4.69, 9.17) is 10.5 Å². The first-order valence-corrected chi connectivity index (χ1v) is 10.1. The molecule has 0 radical (unpaired) electrons. The van der Waals surface area contributed by atoms with Gasteiger partial charge in [0.1, 0.15) is 5.82 Å². The van der Waals surface area contributed by atoms with Gasteiger partial charge in [0.05, 0.1) is 18.1 Å². The standard InChI is InChI=1S/C20H31N5O3/c1-28-13-9-23-20(27)15-4-3-10-25(14-15)16-6-11-24(12-7-16)19-17(18(21)26)5-2-8-22-19/h2,5,8,15-16H,3-4,6-7,9-14H2,1H3,(H2,21,26)(H,23,27)/t15-/m1/s1. The maximum Gasteiger partial charge on any atom is 0.252 e. The smallest absolute Gasteiger partial charge is 0.252 e. The van der Waals surface area contributed by atoms with Crippen molar-refractivity contribution >= 4 is 17.6 Å². The summed E-state index contributed by atoms with van der Waals surface area (Å²) in [5, 5.41) is 2.97. The Morgan fingerprint density at radius 2 is 2.07 bits per heavy atom. The molecule has 28 heavy (non-hydrogen) atoms. The van der Waals surface area contributed by atoms with Crippen molar-refractivity contribution in [3.05, 3.63) is 23.9 Å². The highest BCUT2D eigenvalue weighted by atomic mass is 16.5. The SMILES string of the molecule is COCCNC(=O)[C@@H]1CCCN(C2CCN(c3ncccc3C(N)=O)CC2)C1. The van der Waals surface area contributed by atoms with Gasteiger partial charge in [0, 0.05) is 45.5 Å². The number of aromatic nitrogens is 1. The van der Waals surface area contributed by atoms with Crippen LogP contribution in [0.15, 0.2) is 18.3 Å². The molecule has 3 rings (SSSR count). The Hall–Kier alpha value is -2.19. The summed E-state index contributed by atoms with van der Waals surface area (Å²) in [6.07, 6.45) is 5.68. The second-order valence-electron chi connectivity index (χ2n) is 7.57. The van der Waals surface area contributed by atoms with Gasteiger partial charge >= 0.3 is 0 Å². The van der Waals surface area contributed by atoms with Gasteiger partial charge in [-0.3, -0.25) is 14.5 Å². The molecular formula is C20H31N5O3. The highest BCUT2D eigenvalue weighted by Crippen LogP contribution is 2.27. The van der Waals surface area contributed by atoms with Crippen molar-refractivity contribution in [3.63, 3.8) is 0 Å². The molecule has 0 aromatic carbocycles.